The number of amides is 1. The fraction of sp³-hybridized carbons (Fsp3) is 0.188. The molecule has 0 saturated heterocycles. The van der Waals surface area contributed by atoms with Gasteiger partial charge in [-0.1, -0.05) is 30.3 Å². The summed E-state index contributed by atoms with van der Waals surface area (Å²) in [4.78, 5) is 11.7. The summed E-state index contributed by atoms with van der Waals surface area (Å²) in [7, 11) is 0. The van der Waals surface area contributed by atoms with Crippen LogP contribution < -0.4 is 10.1 Å². The molecule has 0 fully saturated rings. The molecule has 0 spiro atoms. The Labute approximate surface area is 118 Å². The molecule has 0 heterocycles. The molecular formula is C16H17NO3. The summed E-state index contributed by atoms with van der Waals surface area (Å²) in [5.74, 6) is 1.17. The third-order valence-electron chi connectivity index (χ3n) is 2.69. The third kappa shape index (κ3) is 4.10. The predicted molar refractivity (Wildman–Crippen MR) is 77.9 cm³/mol. The lowest BCUT2D eigenvalue weighted by atomic mass is 10.2. The minimum atomic E-state index is -0.136. The highest BCUT2D eigenvalue weighted by Gasteiger charge is 2.07. The van der Waals surface area contributed by atoms with Crippen molar-refractivity contribution in [2.45, 2.75) is 12.8 Å². The lowest BCUT2D eigenvalue weighted by Crippen LogP contribution is -2.12. The van der Waals surface area contributed by atoms with Gasteiger partial charge in [0.1, 0.15) is 5.75 Å². The first kappa shape index (κ1) is 14.1. The monoisotopic (exact) mass is 271 g/mol. The van der Waals surface area contributed by atoms with Crippen molar-refractivity contribution < 1.29 is 14.6 Å². The molecule has 0 aliphatic carbocycles. The summed E-state index contributed by atoms with van der Waals surface area (Å²) < 4.78 is 5.75. The van der Waals surface area contributed by atoms with E-state index >= 15 is 0 Å². The van der Waals surface area contributed by atoms with Crippen molar-refractivity contribution in [3.05, 3.63) is 54.6 Å². The zero-order valence-corrected chi connectivity index (χ0v) is 11.1. The number of aliphatic hydroxyl groups is 1. The van der Waals surface area contributed by atoms with E-state index in [1.165, 1.54) is 0 Å². The van der Waals surface area contributed by atoms with E-state index in [2.05, 4.69) is 5.32 Å². The Balaban J connectivity index is 2.08. The standard InChI is InChI=1S/C16H17NO3/c18-12-6-11-16(19)17-14-9-4-5-10-15(14)20-13-7-2-1-3-8-13/h1-5,7-10,18H,6,11-12H2,(H,17,19). The number of para-hydroxylation sites is 3. The van der Waals surface area contributed by atoms with E-state index in [0.29, 0.717) is 23.6 Å². The van der Waals surface area contributed by atoms with Crippen LogP contribution in [0.15, 0.2) is 54.6 Å². The maximum Gasteiger partial charge on any atom is 0.224 e. The summed E-state index contributed by atoms with van der Waals surface area (Å²) in [5.41, 5.74) is 0.624. The fourth-order valence-electron chi connectivity index (χ4n) is 1.73. The topological polar surface area (TPSA) is 58.6 Å². The van der Waals surface area contributed by atoms with E-state index in [-0.39, 0.29) is 18.9 Å². The zero-order valence-electron chi connectivity index (χ0n) is 11.1. The largest absolute Gasteiger partial charge is 0.455 e. The van der Waals surface area contributed by atoms with Gasteiger partial charge in [0, 0.05) is 13.0 Å². The van der Waals surface area contributed by atoms with E-state index < -0.39 is 0 Å². The van der Waals surface area contributed by atoms with Crippen molar-refractivity contribution in [1.82, 2.24) is 0 Å². The maximum absolute atomic E-state index is 11.7. The molecule has 0 saturated carbocycles. The molecule has 2 N–H and O–H groups in total. The average Bonchev–Trinajstić information content (AvgIpc) is 2.48. The Morgan fingerprint density at radius 2 is 1.75 bits per heavy atom. The van der Waals surface area contributed by atoms with Crippen LogP contribution in [0.5, 0.6) is 11.5 Å². The van der Waals surface area contributed by atoms with Gasteiger partial charge in [0.25, 0.3) is 0 Å². The molecule has 4 heteroatoms. The van der Waals surface area contributed by atoms with Gasteiger partial charge in [0.05, 0.1) is 5.69 Å². The number of carbonyl (C=O) groups excluding carboxylic acids is 1. The zero-order chi connectivity index (χ0) is 14.2. The Morgan fingerprint density at radius 1 is 1.05 bits per heavy atom. The molecule has 0 aliphatic heterocycles. The normalized spacial score (nSPS) is 10.1. The molecule has 2 aromatic rings. The number of aliphatic hydroxyl groups excluding tert-OH is 1. The first-order valence-electron chi connectivity index (χ1n) is 6.52. The van der Waals surface area contributed by atoms with E-state index in [9.17, 15) is 4.79 Å². The van der Waals surface area contributed by atoms with E-state index in [1.807, 2.05) is 42.5 Å². The summed E-state index contributed by atoms with van der Waals surface area (Å²) in [5, 5.41) is 11.5. The third-order valence-corrected chi connectivity index (χ3v) is 2.69. The smallest absolute Gasteiger partial charge is 0.224 e. The molecule has 0 aromatic heterocycles. The van der Waals surface area contributed by atoms with Gasteiger partial charge < -0.3 is 15.2 Å². The van der Waals surface area contributed by atoms with Crippen molar-refractivity contribution >= 4 is 11.6 Å². The Hall–Kier alpha value is -2.33. The molecule has 1 amide bonds. The van der Waals surface area contributed by atoms with Gasteiger partial charge in [-0.3, -0.25) is 4.79 Å². The maximum atomic E-state index is 11.7. The van der Waals surface area contributed by atoms with Crippen LogP contribution in [0.25, 0.3) is 0 Å². The van der Waals surface area contributed by atoms with Gasteiger partial charge >= 0.3 is 0 Å². The van der Waals surface area contributed by atoms with Crippen LogP contribution >= 0.6 is 0 Å². The van der Waals surface area contributed by atoms with Crippen LogP contribution in [-0.4, -0.2) is 17.6 Å². The number of anilines is 1. The van der Waals surface area contributed by atoms with Gasteiger partial charge in [-0.2, -0.15) is 0 Å². The minimum absolute atomic E-state index is 0.00951. The molecule has 0 bridgehead atoms. The molecular weight excluding hydrogens is 254 g/mol. The molecule has 104 valence electrons. The fourth-order valence-corrected chi connectivity index (χ4v) is 1.73. The van der Waals surface area contributed by atoms with Crippen molar-refractivity contribution in [3.8, 4) is 11.5 Å². The van der Waals surface area contributed by atoms with Crippen molar-refractivity contribution in [2.24, 2.45) is 0 Å². The summed E-state index contributed by atoms with van der Waals surface area (Å²) in [6, 6.07) is 16.7. The van der Waals surface area contributed by atoms with Gasteiger partial charge in [0.15, 0.2) is 5.75 Å². The van der Waals surface area contributed by atoms with Gasteiger partial charge in [-0.05, 0) is 30.7 Å². The summed E-state index contributed by atoms with van der Waals surface area (Å²) >= 11 is 0. The van der Waals surface area contributed by atoms with Crippen LogP contribution in [0.2, 0.25) is 0 Å². The van der Waals surface area contributed by atoms with Gasteiger partial charge in [-0.25, -0.2) is 0 Å². The molecule has 20 heavy (non-hydrogen) atoms. The van der Waals surface area contributed by atoms with Crippen LogP contribution in [0.4, 0.5) is 5.69 Å². The van der Waals surface area contributed by atoms with Crippen molar-refractivity contribution in [2.75, 3.05) is 11.9 Å². The number of rotatable bonds is 6. The lowest BCUT2D eigenvalue weighted by molar-refractivity contribution is -0.116. The molecule has 2 rings (SSSR count). The number of nitrogens with one attached hydrogen (secondary N) is 1. The Morgan fingerprint density at radius 3 is 2.50 bits per heavy atom. The predicted octanol–water partition coefficient (Wildman–Crippen LogP) is 3.19. The number of ether oxygens (including phenoxy) is 1. The number of hydrogen-bond donors (Lipinski definition) is 2. The van der Waals surface area contributed by atoms with Gasteiger partial charge in [-0.15, -0.1) is 0 Å². The SMILES string of the molecule is O=C(CCCO)Nc1ccccc1Oc1ccccc1. The molecule has 0 unspecified atom stereocenters. The second kappa shape index (κ2) is 7.31. The van der Waals surface area contributed by atoms with E-state index in [4.69, 9.17) is 9.84 Å². The Bertz CT molecular complexity index is 555. The average molecular weight is 271 g/mol. The molecule has 2 aromatic carbocycles. The first-order chi connectivity index (χ1) is 9.79. The van der Waals surface area contributed by atoms with Crippen molar-refractivity contribution in [1.29, 1.82) is 0 Å². The molecule has 0 aliphatic rings. The molecule has 0 atom stereocenters. The van der Waals surface area contributed by atoms with Gasteiger partial charge in [0.2, 0.25) is 5.91 Å². The second-order valence-electron chi connectivity index (χ2n) is 4.29. The van der Waals surface area contributed by atoms with Crippen molar-refractivity contribution in [3.63, 3.8) is 0 Å². The lowest BCUT2D eigenvalue weighted by Gasteiger charge is -2.12. The Kier molecular flexibility index (Phi) is 5.15. The van der Waals surface area contributed by atoms with Crippen LogP contribution in [0, 0.1) is 0 Å². The van der Waals surface area contributed by atoms with Crippen LogP contribution in [0.3, 0.4) is 0 Å². The number of benzene rings is 2. The first-order valence-corrected chi connectivity index (χ1v) is 6.52. The summed E-state index contributed by atoms with van der Waals surface area (Å²) in [6.45, 7) is 0.00951. The molecule has 0 radical (unpaired) electrons. The van der Waals surface area contributed by atoms with Crippen LogP contribution in [-0.2, 0) is 4.79 Å². The number of carbonyl (C=O) groups is 1. The van der Waals surface area contributed by atoms with E-state index in [1.54, 1.807) is 12.1 Å². The highest BCUT2D eigenvalue weighted by atomic mass is 16.5. The van der Waals surface area contributed by atoms with Crippen LogP contribution in [0.1, 0.15) is 12.8 Å². The minimum Gasteiger partial charge on any atom is -0.455 e. The highest BCUT2D eigenvalue weighted by Crippen LogP contribution is 2.29. The highest BCUT2D eigenvalue weighted by molar-refractivity contribution is 5.92. The molecule has 4 nitrogen and oxygen atoms in total. The van der Waals surface area contributed by atoms with E-state index in [0.717, 1.165) is 0 Å². The summed E-state index contributed by atoms with van der Waals surface area (Å²) in [6.07, 6.45) is 0.740. The quantitative estimate of drug-likeness (QED) is 0.848. The second-order valence-corrected chi connectivity index (χ2v) is 4.29. The number of hydrogen-bond acceptors (Lipinski definition) is 3.